The number of nitrogens with one attached hydrogen (secondary N) is 1. The molecule has 1 amide bonds. The first-order valence-electron chi connectivity index (χ1n) is 9.35. The van der Waals surface area contributed by atoms with E-state index in [0.717, 1.165) is 22.0 Å². The minimum Gasteiger partial charge on any atom is -0.321 e. The highest BCUT2D eigenvalue weighted by atomic mass is 32.2. The summed E-state index contributed by atoms with van der Waals surface area (Å²) in [7, 11) is -3.33. The lowest BCUT2D eigenvalue weighted by Crippen LogP contribution is -2.36. The zero-order valence-electron chi connectivity index (χ0n) is 15.8. The quantitative estimate of drug-likeness (QED) is 0.721. The third-order valence-electron chi connectivity index (χ3n) is 5.20. The Kier molecular flexibility index (Phi) is 4.59. The Bertz CT molecular complexity index is 1170. The van der Waals surface area contributed by atoms with E-state index in [0.29, 0.717) is 17.7 Å². The van der Waals surface area contributed by atoms with Gasteiger partial charge in [0.2, 0.25) is 10.0 Å². The molecule has 0 aliphatic carbocycles. The van der Waals surface area contributed by atoms with Gasteiger partial charge in [0.05, 0.1) is 11.4 Å². The average molecular weight is 394 g/mol. The van der Waals surface area contributed by atoms with Gasteiger partial charge >= 0.3 is 0 Å². The Morgan fingerprint density at radius 1 is 1.11 bits per heavy atom. The third-order valence-corrected chi connectivity index (χ3v) is 7.08. The molecule has 0 radical (unpaired) electrons. The van der Waals surface area contributed by atoms with E-state index in [1.54, 1.807) is 25.1 Å². The smallest absolute Gasteiger partial charge is 0.255 e. The van der Waals surface area contributed by atoms with Crippen LogP contribution in [0.15, 0.2) is 60.7 Å². The van der Waals surface area contributed by atoms with Gasteiger partial charge in [-0.3, -0.25) is 9.10 Å². The van der Waals surface area contributed by atoms with Gasteiger partial charge < -0.3 is 5.32 Å². The van der Waals surface area contributed by atoms with E-state index in [9.17, 15) is 13.2 Å². The van der Waals surface area contributed by atoms with Gasteiger partial charge in [0.15, 0.2) is 0 Å². The van der Waals surface area contributed by atoms with E-state index < -0.39 is 10.0 Å². The fraction of sp³-hybridized carbons (Fsp3) is 0.227. The second kappa shape index (κ2) is 6.95. The molecule has 6 heteroatoms. The Balaban J connectivity index is 1.65. The zero-order chi connectivity index (χ0) is 19.9. The first-order valence-corrected chi connectivity index (χ1v) is 11.0. The number of carbonyl (C=O) groups excluding carboxylic acids is 1. The number of sulfonamides is 1. The van der Waals surface area contributed by atoms with Gasteiger partial charge in [0, 0.05) is 22.7 Å². The number of hydrogen-bond donors (Lipinski definition) is 1. The van der Waals surface area contributed by atoms with E-state index in [4.69, 9.17) is 0 Å². The van der Waals surface area contributed by atoms with E-state index >= 15 is 0 Å². The zero-order valence-corrected chi connectivity index (χ0v) is 16.7. The summed E-state index contributed by atoms with van der Waals surface area (Å²) < 4.78 is 26.3. The van der Waals surface area contributed by atoms with Crippen LogP contribution in [0.1, 0.15) is 29.8 Å². The minimum absolute atomic E-state index is 0.0557. The maximum absolute atomic E-state index is 12.8. The highest BCUT2D eigenvalue weighted by molar-refractivity contribution is 7.92. The standard InChI is InChI=1S/C22H22N2O3S/c1-3-28(26,27)24-15(2)13-18-14-17(11-12-21(18)24)22(25)23-20-10-6-8-16-7-4-5-9-19(16)20/h4-12,14-15H,3,13H2,1-2H3,(H,23,25)/t15-/m0/s1. The van der Waals surface area contributed by atoms with Crippen LogP contribution in [0, 0.1) is 0 Å². The molecule has 0 aromatic heterocycles. The molecule has 1 aliphatic rings. The molecule has 1 aliphatic heterocycles. The van der Waals surface area contributed by atoms with E-state index in [2.05, 4.69) is 5.32 Å². The topological polar surface area (TPSA) is 66.5 Å². The van der Waals surface area contributed by atoms with Crippen LogP contribution in [0.25, 0.3) is 10.8 Å². The lowest BCUT2D eigenvalue weighted by molar-refractivity contribution is 0.102. The largest absolute Gasteiger partial charge is 0.321 e. The van der Waals surface area contributed by atoms with Crippen LogP contribution >= 0.6 is 0 Å². The Hall–Kier alpha value is -2.86. The second-order valence-corrected chi connectivity index (χ2v) is 9.21. The highest BCUT2D eigenvalue weighted by Crippen LogP contribution is 2.35. The van der Waals surface area contributed by atoms with Crippen LogP contribution in [-0.2, 0) is 16.4 Å². The summed E-state index contributed by atoms with van der Waals surface area (Å²) in [4.78, 5) is 12.8. The molecule has 4 rings (SSSR count). The van der Waals surface area contributed by atoms with E-state index in [-0.39, 0.29) is 17.7 Å². The molecule has 5 nitrogen and oxygen atoms in total. The van der Waals surface area contributed by atoms with Crippen LogP contribution in [0.5, 0.6) is 0 Å². The molecule has 144 valence electrons. The molecule has 0 bridgehead atoms. The molecule has 0 saturated heterocycles. The van der Waals surface area contributed by atoms with E-state index in [1.165, 1.54) is 4.31 Å². The Morgan fingerprint density at radius 3 is 2.64 bits per heavy atom. The molecule has 1 heterocycles. The summed E-state index contributed by atoms with van der Waals surface area (Å²) in [5.41, 5.74) is 2.84. The van der Waals surface area contributed by atoms with Gasteiger partial charge in [-0.25, -0.2) is 8.42 Å². The fourth-order valence-corrected chi connectivity index (χ4v) is 5.21. The molecule has 0 fully saturated rings. The van der Waals surface area contributed by atoms with Gasteiger partial charge in [-0.1, -0.05) is 36.4 Å². The molecule has 0 unspecified atom stereocenters. The molecule has 1 N–H and O–H groups in total. The number of nitrogens with zero attached hydrogens (tertiary/aromatic N) is 1. The molecule has 3 aromatic rings. The van der Waals surface area contributed by atoms with Crippen LogP contribution < -0.4 is 9.62 Å². The van der Waals surface area contributed by atoms with Gasteiger partial charge in [-0.05, 0) is 55.5 Å². The average Bonchev–Trinajstić information content (AvgIpc) is 3.03. The molecule has 0 saturated carbocycles. The van der Waals surface area contributed by atoms with Crippen LogP contribution in [0.3, 0.4) is 0 Å². The predicted octanol–water partition coefficient (Wildman–Crippen LogP) is 4.19. The number of hydrogen-bond acceptors (Lipinski definition) is 3. The molecule has 0 spiro atoms. The van der Waals surface area contributed by atoms with Crippen LogP contribution in [0.4, 0.5) is 11.4 Å². The third kappa shape index (κ3) is 3.14. The minimum atomic E-state index is -3.33. The predicted molar refractivity (Wildman–Crippen MR) is 113 cm³/mol. The highest BCUT2D eigenvalue weighted by Gasteiger charge is 2.34. The molecule has 1 atom stereocenters. The molecule has 28 heavy (non-hydrogen) atoms. The lowest BCUT2D eigenvalue weighted by atomic mass is 10.1. The molecule has 3 aromatic carbocycles. The summed E-state index contributed by atoms with van der Waals surface area (Å²) >= 11 is 0. The number of anilines is 2. The maximum atomic E-state index is 12.8. The summed E-state index contributed by atoms with van der Waals surface area (Å²) in [6, 6.07) is 18.8. The number of rotatable bonds is 4. The lowest BCUT2D eigenvalue weighted by Gasteiger charge is -2.23. The Labute approximate surface area is 165 Å². The number of carbonyl (C=O) groups is 1. The first-order chi connectivity index (χ1) is 13.4. The van der Waals surface area contributed by atoms with Crippen molar-refractivity contribution in [1.29, 1.82) is 0 Å². The van der Waals surface area contributed by atoms with Crippen molar-refractivity contribution in [2.75, 3.05) is 15.4 Å². The van der Waals surface area contributed by atoms with Crippen molar-refractivity contribution in [1.82, 2.24) is 0 Å². The first kappa shape index (κ1) is 18.5. The van der Waals surface area contributed by atoms with Crippen LogP contribution in [-0.4, -0.2) is 26.1 Å². The molecular formula is C22H22N2O3S. The molecular weight excluding hydrogens is 372 g/mol. The summed E-state index contributed by atoms with van der Waals surface area (Å²) in [6.07, 6.45) is 0.601. The summed E-state index contributed by atoms with van der Waals surface area (Å²) in [5, 5.41) is 5.02. The van der Waals surface area contributed by atoms with Crippen LogP contribution in [0.2, 0.25) is 0 Å². The van der Waals surface area contributed by atoms with Gasteiger partial charge in [0.25, 0.3) is 5.91 Å². The monoisotopic (exact) mass is 394 g/mol. The normalized spacial score (nSPS) is 16.2. The SMILES string of the molecule is CCS(=O)(=O)N1c2ccc(C(=O)Nc3cccc4ccccc34)cc2C[C@@H]1C. The maximum Gasteiger partial charge on any atom is 0.255 e. The summed E-state index contributed by atoms with van der Waals surface area (Å²) in [6.45, 7) is 3.54. The van der Waals surface area contributed by atoms with Crippen molar-refractivity contribution in [2.24, 2.45) is 0 Å². The fourth-order valence-electron chi connectivity index (χ4n) is 3.84. The van der Waals surface area contributed by atoms with E-state index in [1.807, 2.05) is 49.4 Å². The van der Waals surface area contributed by atoms with Gasteiger partial charge in [0.1, 0.15) is 0 Å². The van der Waals surface area contributed by atoms with Gasteiger partial charge in [-0.2, -0.15) is 0 Å². The van der Waals surface area contributed by atoms with Gasteiger partial charge in [-0.15, -0.1) is 0 Å². The summed E-state index contributed by atoms with van der Waals surface area (Å²) in [5.74, 6) is -0.149. The van der Waals surface area contributed by atoms with Crippen molar-refractivity contribution >= 4 is 38.1 Å². The Morgan fingerprint density at radius 2 is 1.86 bits per heavy atom. The number of amides is 1. The van der Waals surface area contributed by atoms with Crippen molar-refractivity contribution in [3.05, 3.63) is 71.8 Å². The second-order valence-electron chi connectivity index (χ2n) is 7.07. The number of fused-ring (bicyclic) bond motifs is 2. The number of benzene rings is 3. The van der Waals surface area contributed by atoms with Crippen molar-refractivity contribution in [3.63, 3.8) is 0 Å². The van der Waals surface area contributed by atoms with Crippen molar-refractivity contribution in [2.45, 2.75) is 26.3 Å². The van der Waals surface area contributed by atoms with Crippen molar-refractivity contribution in [3.8, 4) is 0 Å². The van der Waals surface area contributed by atoms with Crippen molar-refractivity contribution < 1.29 is 13.2 Å².